The monoisotopic (exact) mass is 391 g/mol. The second kappa shape index (κ2) is 8.68. The predicted molar refractivity (Wildman–Crippen MR) is 113 cm³/mol. The van der Waals surface area contributed by atoms with Crippen LogP contribution in [0.15, 0.2) is 76.5 Å². The number of anilines is 1. The van der Waals surface area contributed by atoms with Gasteiger partial charge in [0.05, 0.1) is 22.6 Å². The predicted octanol–water partition coefficient (Wildman–Crippen LogP) is 4.48. The van der Waals surface area contributed by atoms with Crippen LogP contribution in [-0.4, -0.2) is 16.8 Å². The zero-order chi connectivity index (χ0) is 20.1. The average molecular weight is 391 g/mol. The van der Waals surface area contributed by atoms with Gasteiger partial charge in [-0.2, -0.15) is 5.26 Å². The van der Waals surface area contributed by atoms with Crippen LogP contribution in [0.1, 0.15) is 25.3 Å². The molecule has 142 valence electrons. The summed E-state index contributed by atoms with van der Waals surface area (Å²) in [7, 11) is 0. The fourth-order valence-electron chi connectivity index (χ4n) is 3.19. The highest BCUT2D eigenvalue weighted by Gasteiger charge is 2.34. The third-order valence-electron chi connectivity index (χ3n) is 4.44. The molecule has 6 heteroatoms. The molecule has 0 saturated carbocycles. The van der Waals surface area contributed by atoms with Crippen LogP contribution in [0.25, 0.3) is 0 Å². The number of carbonyl (C=O) groups is 1. The minimum absolute atomic E-state index is 0.138. The largest absolute Gasteiger partial charge is 0.508 e. The first-order valence-electron chi connectivity index (χ1n) is 8.95. The Hall–Kier alpha value is -3.17. The second-order valence-electron chi connectivity index (χ2n) is 6.30. The molecule has 0 aromatic heterocycles. The van der Waals surface area contributed by atoms with E-state index in [0.717, 1.165) is 16.3 Å². The maximum absolute atomic E-state index is 13.2. The molecule has 28 heavy (non-hydrogen) atoms. The topological polar surface area (TPSA) is 85.1 Å². The minimum atomic E-state index is -0.510. The summed E-state index contributed by atoms with van der Waals surface area (Å²) in [5.74, 6) is 0.167. The fraction of sp³-hybridized carbons (Fsp3) is 0.182. The number of amides is 1. The molecule has 0 bridgehead atoms. The van der Waals surface area contributed by atoms with Crippen molar-refractivity contribution >= 4 is 23.4 Å². The van der Waals surface area contributed by atoms with Gasteiger partial charge in [-0.25, -0.2) is 0 Å². The zero-order valence-corrected chi connectivity index (χ0v) is 16.5. The molecular weight excluding hydrogens is 370 g/mol. The standard InChI is InChI=1S/C22H21N3O2S/c1-3-28-22-18(13-23)20(15-9-11-17(26)12-10-15)19(14(2)24-22)21(27)25-16-7-5-4-6-8-16/h4-12,20,24,26H,3H2,1-2H3,(H,25,27)/t20-/m0/s1. The third kappa shape index (κ3) is 4.05. The van der Waals surface area contributed by atoms with E-state index in [1.807, 2.05) is 44.2 Å². The number of phenolic OH excluding ortho intramolecular Hbond substituents is 1. The van der Waals surface area contributed by atoms with Crippen LogP contribution in [0.3, 0.4) is 0 Å². The number of allylic oxidation sites excluding steroid dienone is 2. The Morgan fingerprint density at radius 1 is 1.21 bits per heavy atom. The lowest BCUT2D eigenvalue weighted by atomic mass is 9.82. The van der Waals surface area contributed by atoms with Crippen molar-refractivity contribution in [3.63, 3.8) is 0 Å². The first kappa shape index (κ1) is 19.6. The van der Waals surface area contributed by atoms with Crippen molar-refractivity contribution in [1.82, 2.24) is 5.32 Å². The van der Waals surface area contributed by atoms with Crippen molar-refractivity contribution in [2.45, 2.75) is 19.8 Å². The lowest BCUT2D eigenvalue weighted by Crippen LogP contribution is -2.30. The fourth-order valence-corrected chi connectivity index (χ4v) is 4.02. The van der Waals surface area contributed by atoms with E-state index < -0.39 is 5.92 Å². The van der Waals surface area contributed by atoms with Crippen LogP contribution in [0.2, 0.25) is 0 Å². The number of para-hydroxylation sites is 1. The molecule has 0 radical (unpaired) electrons. The number of nitrogens with zero attached hydrogens (tertiary/aromatic N) is 1. The maximum Gasteiger partial charge on any atom is 0.254 e. The quantitative estimate of drug-likeness (QED) is 0.700. The molecule has 1 atom stereocenters. The Labute approximate surface area is 168 Å². The van der Waals surface area contributed by atoms with Gasteiger partial charge >= 0.3 is 0 Å². The number of aromatic hydroxyl groups is 1. The number of hydrogen-bond donors (Lipinski definition) is 3. The second-order valence-corrected chi connectivity index (χ2v) is 7.57. The van der Waals surface area contributed by atoms with Gasteiger partial charge in [-0.05, 0) is 42.5 Å². The summed E-state index contributed by atoms with van der Waals surface area (Å²) in [6.45, 7) is 3.86. The zero-order valence-electron chi connectivity index (χ0n) is 15.7. The number of dihydropyridines is 1. The van der Waals surface area contributed by atoms with E-state index in [9.17, 15) is 15.2 Å². The summed E-state index contributed by atoms with van der Waals surface area (Å²) < 4.78 is 0. The highest BCUT2D eigenvalue weighted by molar-refractivity contribution is 8.03. The van der Waals surface area contributed by atoms with Crippen LogP contribution in [-0.2, 0) is 4.79 Å². The molecule has 2 aromatic rings. The molecule has 3 N–H and O–H groups in total. The van der Waals surface area contributed by atoms with E-state index in [1.165, 1.54) is 11.8 Å². The molecule has 0 fully saturated rings. The van der Waals surface area contributed by atoms with Gasteiger partial charge in [0.25, 0.3) is 5.91 Å². The van der Waals surface area contributed by atoms with Crippen LogP contribution >= 0.6 is 11.8 Å². The van der Waals surface area contributed by atoms with Crippen molar-refractivity contribution < 1.29 is 9.90 Å². The summed E-state index contributed by atoms with van der Waals surface area (Å²) in [5.41, 5.74) is 3.17. The average Bonchev–Trinajstić information content (AvgIpc) is 2.69. The molecule has 1 aliphatic rings. The normalized spacial score (nSPS) is 16.4. The smallest absolute Gasteiger partial charge is 0.254 e. The molecule has 1 heterocycles. The van der Waals surface area contributed by atoms with Gasteiger partial charge in [0, 0.05) is 17.0 Å². The summed E-state index contributed by atoms with van der Waals surface area (Å²) in [6.07, 6.45) is 0. The number of carbonyl (C=O) groups excluding carboxylic acids is 1. The van der Waals surface area contributed by atoms with E-state index in [1.54, 1.807) is 24.3 Å². The molecule has 0 unspecified atom stereocenters. The molecule has 1 amide bonds. The van der Waals surface area contributed by atoms with E-state index in [2.05, 4.69) is 16.7 Å². The summed E-state index contributed by atoms with van der Waals surface area (Å²) >= 11 is 1.54. The number of benzene rings is 2. The highest BCUT2D eigenvalue weighted by atomic mass is 32.2. The van der Waals surface area contributed by atoms with Gasteiger partial charge in [0.2, 0.25) is 0 Å². The lowest BCUT2D eigenvalue weighted by Gasteiger charge is -2.29. The molecule has 0 saturated heterocycles. The molecular formula is C22H21N3O2S. The lowest BCUT2D eigenvalue weighted by molar-refractivity contribution is -0.113. The van der Waals surface area contributed by atoms with Crippen molar-refractivity contribution in [2.75, 3.05) is 11.1 Å². The number of hydrogen-bond acceptors (Lipinski definition) is 5. The SMILES string of the molecule is CCSC1=C(C#N)[C@H](c2ccc(O)cc2)C(C(=O)Nc2ccccc2)=C(C)N1. The van der Waals surface area contributed by atoms with E-state index in [0.29, 0.717) is 22.5 Å². The van der Waals surface area contributed by atoms with Crippen LogP contribution < -0.4 is 10.6 Å². The van der Waals surface area contributed by atoms with Gasteiger partial charge in [0.1, 0.15) is 5.75 Å². The number of nitriles is 1. The number of phenols is 1. The van der Waals surface area contributed by atoms with Crippen LogP contribution in [0, 0.1) is 11.3 Å². The molecule has 5 nitrogen and oxygen atoms in total. The number of rotatable bonds is 5. The maximum atomic E-state index is 13.2. The van der Waals surface area contributed by atoms with Gasteiger partial charge in [-0.15, -0.1) is 11.8 Å². The van der Waals surface area contributed by atoms with E-state index in [-0.39, 0.29) is 11.7 Å². The van der Waals surface area contributed by atoms with Crippen LogP contribution in [0.5, 0.6) is 5.75 Å². The Morgan fingerprint density at radius 3 is 2.50 bits per heavy atom. The van der Waals surface area contributed by atoms with Gasteiger partial charge in [-0.1, -0.05) is 37.3 Å². The van der Waals surface area contributed by atoms with E-state index in [4.69, 9.17) is 0 Å². The first-order valence-corrected chi connectivity index (χ1v) is 9.93. The first-order chi connectivity index (χ1) is 13.5. The summed E-state index contributed by atoms with van der Waals surface area (Å²) in [5, 5.41) is 26.5. The number of thioether (sulfide) groups is 1. The van der Waals surface area contributed by atoms with Crippen LogP contribution in [0.4, 0.5) is 5.69 Å². The molecule has 0 spiro atoms. The third-order valence-corrected chi connectivity index (χ3v) is 5.34. The Bertz CT molecular complexity index is 973. The van der Waals surface area contributed by atoms with E-state index >= 15 is 0 Å². The van der Waals surface area contributed by atoms with Crippen molar-refractivity contribution in [3.8, 4) is 11.8 Å². The van der Waals surface area contributed by atoms with Gasteiger partial charge in [0.15, 0.2) is 0 Å². The molecule has 1 aliphatic heterocycles. The summed E-state index contributed by atoms with van der Waals surface area (Å²) in [6, 6.07) is 18.2. The number of nitrogens with one attached hydrogen (secondary N) is 2. The minimum Gasteiger partial charge on any atom is -0.508 e. The molecule has 0 aliphatic carbocycles. The van der Waals surface area contributed by atoms with Crippen molar-refractivity contribution in [2.24, 2.45) is 0 Å². The summed E-state index contributed by atoms with van der Waals surface area (Å²) in [4.78, 5) is 13.2. The van der Waals surface area contributed by atoms with Crippen molar-refractivity contribution in [3.05, 3.63) is 82.0 Å². The van der Waals surface area contributed by atoms with Gasteiger partial charge in [-0.3, -0.25) is 4.79 Å². The Kier molecular flexibility index (Phi) is 6.07. The van der Waals surface area contributed by atoms with Gasteiger partial charge < -0.3 is 15.7 Å². The Morgan fingerprint density at radius 2 is 1.89 bits per heavy atom. The Balaban J connectivity index is 2.07. The highest BCUT2D eigenvalue weighted by Crippen LogP contribution is 2.41. The molecule has 3 rings (SSSR count). The molecule has 2 aromatic carbocycles. The van der Waals surface area contributed by atoms with Crippen molar-refractivity contribution in [1.29, 1.82) is 5.26 Å².